The lowest BCUT2D eigenvalue weighted by Crippen LogP contribution is -2.07. The van der Waals surface area contributed by atoms with Crippen molar-refractivity contribution in [2.45, 2.75) is 51.9 Å². The van der Waals surface area contributed by atoms with E-state index in [1.165, 1.54) is 65.1 Å². The van der Waals surface area contributed by atoms with Gasteiger partial charge in [0, 0.05) is 16.7 Å². The van der Waals surface area contributed by atoms with Crippen molar-refractivity contribution in [1.29, 1.82) is 0 Å². The first kappa shape index (κ1) is 13.8. The number of fused-ring (bicyclic) bond motifs is 3. The molecule has 1 aliphatic carbocycles. The van der Waals surface area contributed by atoms with Crippen molar-refractivity contribution in [2.24, 2.45) is 0 Å². The zero-order valence-electron chi connectivity index (χ0n) is 13.5. The molecule has 0 N–H and O–H groups in total. The lowest BCUT2D eigenvalue weighted by atomic mass is 9.84. The van der Waals surface area contributed by atoms with E-state index in [-0.39, 0.29) is 0 Å². The van der Waals surface area contributed by atoms with Crippen LogP contribution < -0.4 is 0 Å². The summed E-state index contributed by atoms with van der Waals surface area (Å²) in [4.78, 5) is 5.11. The highest BCUT2D eigenvalue weighted by molar-refractivity contribution is 6.07. The molecule has 22 heavy (non-hydrogen) atoms. The molecule has 1 aromatic heterocycles. The van der Waals surface area contributed by atoms with Crippen molar-refractivity contribution in [1.82, 2.24) is 4.98 Å². The van der Waals surface area contributed by atoms with E-state index in [4.69, 9.17) is 4.98 Å². The van der Waals surface area contributed by atoms with Crippen LogP contribution in [0.4, 0.5) is 0 Å². The average molecular weight is 289 g/mol. The van der Waals surface area contributed by atoms with Crippen LogP contribution in [-0.4, -0.2) is 4.98 Å². The molecule has 3 aromatic rings. The van der Waals surface area contributed by atoms with E-state index >= 15 is 0 Å². The molecular weight excluding hydrogens is 266 g/mol. The van der Waals surface area contributed by atoms with Gasteiger partial charge in [-0.1, -0.05) is 48.6 Å². The number of hydrogen-bond donors (Lipinski definition) is 0. The molecule has 0 aliphatic heterocycles. The number of hydrogen-bond acceptors (Lipinski definition) is 1. The van der Waals surface area contributed by atoms with Crippen molar-refractivity contribution in [3.8, 4) is 0 Å². The molecular formula is C21H23N. The zero-order chi connectivity index (χ0) is 15.1. The van der Waals surface area contributed by atoms with Gasteiger partial charge in [-0.15, -0.1) is 0 Å². The summed E-state index contributed by atoms with van der Waals surface area (Å²) in [5, 5.41) is 4.06. The minimum Gasteiger partial charge on any atom is -0.252 e. The molecule has 0 spiro atoms. The maximum atomic E-state index is 5.11. The average Bonchev–Trinajstić information content (AvgIpc) is 2.55. The molecule has 4 rings (SSSR count). The van der Waals surface area contributed by atoms with Crippen molar-refractivity contribution < 1.29 is 0 Å². The van der Waals surface area contributed by atoms with Crippen LogP contribution >= 0.6 is 0 Å². The van der Waals surface area contributed by atoms with Crippen LogP contribution in [0.1, 0.15) is 54.8 Å². The molecule has 0 bridgehead atoms. The lowest BCUT2D eigenvalue weighted by molar-refractivity contribution is 0.439. The molecule has 0 atom stereocenters. The van der Waals surface area contributed by atoms with Crippen LogP contribution in [0.3, 0.4) is 0 Å². The van der Waals surface area contributed by atoms with E-state index < -0.39 is 0 Å². The van der Waals surface area contributed by atoms with Gasteiger partial charge in [0.2, 0.25) is 0 Å². The lowest BCUT2D eigenvalue weighted by Gasteiger charge is -2.23. The van der Waals surface area contributed by atoms with E-state index in [2.05, 4.69) is 50.2 Å². The Morgan fingerprint density at radius 1 is 0.773 bits per heavy atom. The maximum absolute atomic E-state index is 5.11. The monoisotopic (exact) mass is 289 g/mol. The molecule has 0 amide bonds. The van der Waals surface area contributed by atoms with Gasteiger partial charge >= 0.3 is 0 Å². The van der Waals surface area contributed by atoms with Gasteiger partial charge in [0.05, 0.1) is 11.2 Å². The van der Waals surface area contributed by atoms with Gasteiger partial charge in [-0.2, -0.15) is 0 Å². The number of rotatable bonds is 1. The fourth-order valence-electron chi connectivity index (χ4n) is 3.95. The third-order valence-corrected chi connectivity index (χ3v) is 5.13. The van der Waals surface area contributed by atoms with E-state index in [1.807, 2.05) is 0 Å². The normalized spacial score (nSPS) is 16.5. The second kappa shape index (κ2) is 5.39. The van der Waals surface area contributed by atoms with Crippen LogP contribution in [0.5, 0.6) is 0 Å². The Balaban J connectivity index is 2.04. The first-order valence-electron chi connectivity index (χ1n) is 8.53. The van der Waals surface area contributed by atoms with Crippen LogP contribution in [0.2, 0.25) is 0 Å². The zero-order valence-corrected chi connectivity index (χ0v) is 13.5. The summed E-state index contributed by atoms with van der Waals surface area (Å²) in [6.07, 6.45) is 6.69. The van der Waals surface area contributed by atoms with Crippen LogP contribution in [0, 0.1) is 13.8 Å². The standard InChI is InChI=1S/C21H23N/c1-14-8-10-17-18-12-15(2)9-11-20(18)22-21(19(17)13-14)16-6-4-3-5-7-16/h8-13,16H,3-7H2,1-2H3. The summed E-state index contributed by atoms with van der Waals surface area (Å²) in [6.45, 7) is 4.35. The number of nitrogens with zero attached hydrogens (tertiary/aromatic N) is 1. The Morgan fingerprint density at radius 3 is 2.23 bits per heavy atom. The molecule has 112 valence electrons. The van der Waals surface area contributed by atoms with Gasteiger partial charge in [0.1, 0.15) is 0 Å². The van der Waals surface area contributed by atoms with Gasteiger partial charge in [-0.05, 0) is 50.3 Å². The molecule has 0 saturated heterocycles. The van der Waals surface area contributed by atoms with Crippen LogP contribution in [0.15, 0.2) is 36.4 Å². The molecule has 0 radical (unpaired) electrons. The van der Waals surface area contributed by atoms with Crippen molar-refractivity contribution in [2.75, 3.05) is 0 Å². The summed E-state index contributed by atoms with van der Waals surface area (Å²) in [7, 11) is 0. The van der Waals surface area contributed by atoms with Crippen LogP contribution in [0.25, 0.3) is 21.7 Å². The smallest absolute Gasteiger partial charge is 0.0712 e. The number of pyridine rings is 1. The highest BCUT2D eigenvalue weighted by Crippen LogP contribution is 2.38. The highest BCUT2D eigenvalue weighted by atomic mass is 14.7. The van der Waals surface area contributed by atoms with Crippen LogP contribution in [-0.2, 0) is 0 Å². The van der Waals surface area contributed by atoms with E-state index in [1.54, 1.807) is 0 Å². The van der Waals surface area contributed by atoms with Crippen molar-refractivity contribution in [3.05, 3.63) is 53.2 Å². The minimum absolute atomic E-state index is 0.642. The Labute approximate surface area is 132 Å². The predicted octanol–water partition coefficient (Wildman–Crippen LogP) is 6.05. The summed E-state index contributed by atoms with van der Waals surface area (Å²) in [5.74, 6) is 0.642. The second-order valence-corrected chi connectivity index (χ2v) is 6.90. The number of benzene rings is 2. The van der Waals surface area contributed by atoms with E-state index in [0.29, 0.717) is 5.92 Å². The molecule has 1 aliphatic rings. The van der Waals surface area contributed by atoms with Gasteiger partial charge in [-0.3, -0.25) is 4.98 Å². The Hall–Kier alpha value is -1.89. The number of aryl methyl sites for hydroxylation is 2. The van der Waals surface area contributed by atoms with Gasteiger partial charge in [0.15, 0.2) is 0 Å². The molecule has 1 nitrogen and oxygen atoms in total. The third kappa shape index (κ3) is 2.29. The first-order chi connectivity index (χ1) is 10.7. The van der Waals surface area contributed by atoms with Gasteiger partial charge < -0.3 is 0 Å². The minimum atomic E-state index is 0.642. The van der Waals surface area contributed by atoms with E-state index in [9.17, 15) is 0 Å². The first-order valence-corrected chi connectivity index (χ1v) is 8.53. The molecule has 1 heterocycles. The predicted molar refractivity (Wildman–Crippen MR) is 94.5 cm³/mol. The second-order valence-electron chi connectivity index (χ2n) is 6.90. The molecule has 1 fully saturated rings. The highest BCUT2D eigenvalue weighted by Gasteiger charge is 2.20. The van der Waals surface area contributed by atoms with Gasteiger partial charge in [-0.25, -0.2) is 0 Å². The topological polar surface area (TPSA) is 12.9 Å². The maximum Gasteiger partial charge on any atom is 0.0712 e. The third-order valence-electron chi connectivity index (χ3n) is 5.13. The Kier molecular flexibility index (Phi) is 3.37. The summed E-state index contributed by atoms with van der Waals surface area (Å²) in [5.41, 5.74) is 5.14. The Bertz CT molecular complexity index is 841. The van der Waals surface area contributed by atoms with Crippen molar-refractivity contribution in [3.63, 3.8) is 0 Å². The quantitative estimate of drug-likeness (QED) is 0.497. The molecule has 1 saturated carbocycles. The fraction of sp³-hybridized carbons (Fsp3) is 0.381. The molecule has 0 unspecified atom stereocenters. The largest absolute Gasteiger partial charge is 0.252 e. The summed E-state index contributed by atoms with van der Waals surface area (Å²) >= 11 is 0. The SMILES string of the molecule is Cc1ccc2c(c1)c(C1CCCCC1)nc1ccc(C)cc12. The fourth-order valence-corrected chi connectivity index (χ4v) is 3.95. The summed E-state index contributed by atoms with van der Waals surface area (Å²) < 4.78 is 0. The van der Waals surface area contributed by atoms with E-state index in [0.717, 1.165) is 5.52 Å². The van der Waals surface area contributed by atoms with Crippen molar-refractivity contribution >= 4 is 21.7 Å². The summed E-state index contributed by atoms with van der Waals surface area (Å²) in [6, 6.07) is 13.5. The molecule has 2 aromatic carbocycles. The Morgan fingerprint density at radius 2 is 1.45 bits per heavy atom. The number of aromatic nitrogens is 1. The molecule has 1 heteroatoms. The van der Waals surface area contributed by atoms with Gasteiger partial charge in [0.25, 0.3) is 0 Å².